The van der Waals surface area contributed by atoms with Crippen molar-refractivity contribution in [1.82, 2.24) is 15.2 Å². The Morgan fingerprint density at radius 1 is 1.09 bits per heavy atom. The third-order valence-electron chi connectivity index (χ3n) is 6.17. The smallest absolute Gasteiger partial charge is 0.322 e. The van der Waals surface area contributed by atoms with Crippen LogP contribution in [0.15, 0.2) is 54.9 Å². The van der Waals surface area contributed by atoms with Gasteiger partial charge in [0.1, 0.15) is 6.10 Å². The predicted octanol–water partition coefficient (Wildman–Crippen LogP) is 1.97. The first kappa shape index (κ1) is 24.1. The van der Waals surface area contributed by atoms with E-state index in [1.807, 2.05) is 42.5 Å². The molecule has 0 unspecified atom stereocenters. The normalized spacial score (nSPS) is 24.9. The molecule has 2 aliphatic heterocycles. The van der Waals surface area contributed by atoms with Crippen LogP contribution in [0.4, 0.5) is 10.5 Å². The van der Waals surface area contributed by atoms with Gasteiger partial charge in [0, 0.05) is 24.6 Å². The van der Waals surface area contributed by atoms with E-state index in [0.717, 1.165) is 12.0 Å². The van der Waals surface area contributed by atoms with Crippen molar-refractivity contribution in [1.29, 1.82) is 0 Å². The molecule has 1 aromatic carbocycles. The summed E-state index contributed by atoms with van der Waals surface area (Å²) in [6, 6.07) is 12.6. The van der Waals surface area contributed by atoms with Gasteiger partial charge in [0.15, 0.2) is 0 Å². The summed E-state index contributed by atoms with van der Waals surface area (Å²) < 4.78 is 11.9. The summed E-state index contributed by atoms with van der Waals surface area (Å²) in [4.78, 5) is 31.2. The van der Waals surface area contributed by atoms with Crippen LogP contribution in [0.3, 0.4) is 0 Å². The van der Waals surface area contributed by atoms with Crippen molar-refractivity contribution in [2.45, 2.75) is 50.0 Å². The Morgan fingerprint density at radius 2 is 1.88 bits per heavy atom. The Bertz CT molecular complexity index is 929. The van der Waals surface area contributed by atoms with E-state index in [-0.39, 0.29) is 56.4 Å². The largest absolute Gasteiger partial charge is 0.389 e. The van der Waals surface area contributed by atoms with E-state index >= 15 is 0 Å². The van der Waals surface area contributed by atoms with E-state index in [1.54, 1.807) is 17.3 Å². The summed E-state index contributed by atoms with van der Waals surface area (Å²) in [6.07, 6.45) is 4.41. The van der Waals surface area contributed by atoms with Crippen molar-refractivity contribution >= 4 is 17.6 Å². The highest BCUT2D eigenvalue weighted by Gasteiger charge is 2.40. The number of aliphatic hydroxyl groups excluding tert-OH is 1. The summed E-state index contributed by atoms with van der Waals surface area (Å²) in [6.45, 7) is 1.10. The van der Waals surface area contributed by atoms with E-state index in [4.69, 9.17) is 9.47 Å². The maximum Gasteiger partial charge on any atom is 0.322 e. The minimum absolute atomic E-state index is 0.0571. The number of fused-ring (bicyclic) bond motifs is 1. The highest BCUT2D eigenvalue weighted by atomic mass is 16.5. The molecule has 3 N–H and O–H groups in total. The second-order valence-electron chi connectivity index (χ2n) is 8.74. The lowest BCUT2D eigenvalue weighted by molar-refractivity contribution is -0.149. The highest BCUT2D eigenvalue weighted by Crippen LogP contribution is 2.28. The number of urea groups is 1. The van der Waals surface area contributed by atoms with E-state index < -0.39 is 6.10 Å². The molecule has 4 rings (SSSR count). The number of aromatic nitrogens is 1. The molecular formula is C25H32N4O5. The fourth-order valence-electron chi connectivity index (χ4n) is 4.47. The van der Waals surface area contributed by atoms with Crippen molar-refractivity contribution in [3.8, 4) is 0 Å². The summed E-state index contributed by atoms with van der Waals surface area (Å²) in [5.74, 6) is -0.0571. The molecule has 1 aromatic heterocycles. The van der Waals surface area contributed by atoms with E-state index in [1.165, 1.54) is 0 Å². The maximum atomic E-state index is 13.1. The maximum absolute atomic E-state index is 13.1. The molecule has 3 heterocycles. The Labute approximate surface area is 199 Å². The number of amides is 3. The highest BCUT2D eigenvalue weighted by molar-refractivity contribution is 5.89. The SMILES string of the molecule is O=C(C[C@@H]1CC[C@H]2[C@@H](COC[C@@H](O)CN2C(=O)Nc2ccccc2)O1)NCCc1ccncc1. The van der Waals surface area contributed by atoms with Crippen molar-refractivity contribution < 1.29 is 24.2 Å². The Balaban J connectivity index is 1.31. The molecule has 0 spiro atoms. The fourth-order valence-corrected chi connectivity index (χ4v) is 4.47. The first-order chi connectivity index (χ1) is 16.6. The average Bonchev–Trinajstić information content (AvgIpc) is 2.83. The van der Waals surface area contributed by atoms with Gasteiger partial charge < -0.3 is 30.1 Å². The van der Waals surface area contributed by atoms with Crippen LogP contribution >= 0.6 is 0 Å². The van der Waals surface area contributed by atoms with Crippen LogP contribution in [0.2, 0.25) is 0 Å². The number of carbonyl (C=O) groups excluding carboxylic acids is 2. The number of nitrogens with one attached hydrogen (secondary N) is 2. The fraction of sp³-hybridized carbons (Fsp3) is 0.480. The number of hydrogen-bond acceptors (Lipinski definition) is 6. The summed E-state index contributed by atoms with van der Waals surface area (Å²) >= 11 is 0. The number of nitrogens with zero attached hydrogens (tertiary/aromatic N) is 2. The van der Waals surface area contributed by atoms with Crippen LogP contribution in [0.1, 0.15) is 24.8 Å². The molecule has 9 heteroatoms. The Morgan fingerprint density at radius 3 is 2.68 bits per heavy atom. The average molecular weight is 469 g/mol. The molecule has 3 amide bonds. The van der Waals surface area contributed by atoms with Gasteiger partial charge in [0.25, 0.3) is 0 Å². The van der Waals surface area contributed by atoms with E-state index in [2.05, 4.69) is 15.6 Å². The van der Waals surface area contributed by atoms with E-state index in [0.29, 0.717) is 25.1 Å². The topological polar surface area (TPSA) is 113 Å². The second kappa shape index (κ2) is 11.9. The van der Waals surface area contributed by atoms with Gasteiger partial charge in [0.2, 0.25) is 5.91 Å². The molecule has 2 saturated heterocycles. The zero-order valence-corrected chi connectivity index (χ0v) is 19.1. The number of pyridine rings is 1. The lowest BCUT2D eigenvalue weighted by atomic mass is 9.95. The van der Waals surface area contributed by atoms with Gasteiger partial charge in [-0.05, 0) is 49.1 Å². The summed E-state index contributed by atoms with van der Waals surface area (Å²) in [5.41, 5.74) is 1.81. The number of aliphatic hydroxyl groups is 1. The number of para-hydroxylation sites is 1. The quantitative estimate of drug-likeness (QED) is 0.598. The number of hydrogen-bond donors (Lipinski definition) is 3. The molecule has 2 fully saturated rings. The van der Waals surface area contributed by atoms with Gasteiger partial charge in [-0.2, -0.15) is 0 Å². The molecule has 9 nitrogen and oxygen atoms in total. The number of benzene rings is 1. The minimum atomic E-state index is -0.772. The van der Waals surface area contributed by atoms with Crippen LogP contribution < -0.4 is 10.6 Å². The molecule has 0 aliphatic carbocycles. The number of ether oxygens (including phenoxy) is 2. The lowest BCUT2D eigenvalue weighted by Gasteiger charge is -2.44. The summed E-state index contributed by atoms with van der Waals surface area (Å²) in [5, 5.41) is 16.1. The molecule has 2 aromatic rings. The van der Waals surface area contributed by atoms with Crippen LogP contribution in [-0.4, -0.2) is 77.6 Å². The van der Waals surface area contributed by atoms with Crippen LogP contribution in [0, 0.1) is 0 Å². The number of β-amino-alcohol motifs (C(OH)–C–C–N with tert-alkyl or cyclic N) is 1. The van der Waals surface area contributed by atoms with Crippen LogP contribution in [0.25, 0.3) is 0 Å². The van der Waals surface area contributed by atoms with Gasteiger partial charge >= 0.3 is 6.03 Å². The standard InChI is InChI=1S/C25H32N4O5/c30-20-15-29(25(32)28-19-4-2-1-3-5-19)22-7-6-21(34-23(22)17-33-16-20)14-24(31)27-13-10-18-8-11-26-12-9-18/h1-5,8-9,11-12,20-23,30H,6-7,10,13-17H2,(H,27,31)(H,28,32)/t20-,21-,22-,23+/m0/s1. The van der Waals surface area contributed by atoms with Gasteiger partial charge in [-0.3, -0.25) is 9.78 Å². The Kier molecular flexibility index (Phi) is 8.46. The second-order valence-corrected chi connectivity index (χ2v) is 8.74. The van der Waals surface area contributed by atoms with Crippen molar-refractivity contribution in [3.05, 3.63) is 60.4 Å². The molecule has 2 aliphatic rings. The van der Waals surface area contributed by atoms with Gasteiger partial charge in [-0.25, -0.2) is 4.79 Å². The van der Waals surface area contributed by atoms with Crippen LogP contribution in [-0.2, 0) is 20.7 Å². The lowest BCUT2D eigenvalue weighted by Crippen LogP contribution is -2.58. The van der Waals surface area contributed by atoms with Gasteiger partial charge in [-0.15, -0.1) is 0 Å². The Hall–Kier alpha value is -3.01. The molecule has 0 radical (unpaired) electrons. The zero-order valence-electron chi connectivity index (χ0n) is 19.1. The van der Waals surface area contributed by atoms with Crippen molar-refractivity contribution in [3.63, 3.8) is 0 Å². The predicted molar refractivity (Wildman–Crippen MR) is 126 cm³/mol. The molecule has 0 bridgehead atoms. The number of carbonyl (C=O) groups is 2. The van der Waals surface area contributed by atoms with E-state index in [9.17, 15) is 14.7 Å². The zero-order chi connectivity index (χ0) is 23.8. The van der Waals surface area contributed by atoms with Gasteiger partial charge in [-0.1, -0.05) is 18.2 Å². The molecule has 34 heavy (non-hydrogen) atoms. The molecular weight excluding hydrogens is 436 g/mol. The van der Waals surface area contributed by atoms with Crippen LogP contribution in [0.5, 0.6) is 0 Å². The first-order valence-electron chi connectivity index (χ1n) is 11.8. The first-order valence-corrected chi connectivity index (χ1v) is 11.8. The van der Waals surface area contributed by atoms with Crippen molar-refractivity contribution in [2.75, 3.05) is 31.6 Å². The molecule has 182 valence electrons. The minimum Gasteiger partial charge on any atom is -0.389 e. The summed E-state index contributed by atoms with van der Waals surface area (Å²) in [7, 11) is 0. The number of anilines is 1. The molecule has 4 atom stereocenters. The third kappa shape index (κ3) is 6.75. The number of rotatable bonds is 6. The van der Waals surface area contributed by atoms with Crippen molar-refractivity contribution in [2.24, 2.45) is 0 Å². The molecule has 0 saturated carbocycles. The van der Waals surface area contributed by atoms with Gasteiger partial charge in [0.05, 0.1) is 44.4 Å². The monoisotopic (exact) mass is 468 g/mol. The third-order valence-corrected chi connectivity index (χ3v) is 6.17.